The second kappa shape index (κ2) is 7.18. The first kappa shape index (κ1) is 16.1. The van der Waals surface area contributed by atoms with Crippen molar-refractivity contribution in [2.45, 2.75) is 19.3 Å². The van der Waals surface area contributed by atoms with Gasteiger partial charge >= 0.3 is 0 Å². The largest absolute Gasteiger partial charge is 0.339 e. The Morgan fingerprint density at radius 1 is 1.04 bits per heavy atom. The van der Waals surface area contributed by atoms with Gasteiger partial charge in [-0.2, -0.15) is 0 Å². The molecule has 1 saturated heterocycles. The van der Waals surface area contributed by atoms with Gasteiger partial charge in [-0.3, -0.25) is 9.59 Å². The summed E-state index contributed by atoms with van der Waals surface area (Å²) in [5, 5.41) is 0.565. The molecular formula is C18H21ClN2O2. The molecule has 0 bridgehead atoms. The molecule has 1 aliphatic heterocycles. The van der Waals surface area contributed by atoms with Crippen molar-refractivity contribution in [3.63, 3.8) is 0 Å². The van der Waals surface area contributed by atoms with Crippen LogP contribution in [0.25, 0.3) is 0 Å². The van der Waals surface area contributed by atoms with Gasteiger partial charge in [0, 0.05) is 42.7 Å². The Bertz CT molecular complexity index is 621. The maximum atomic E-state index is 12.5. The third-order valence-electron chi connectivity index (χ3n) is 4.57. The van der Waals surface area contributed by atoms with Gasteiger partial charge in [0.1, 0.15) is 0 Å². The van der Waals surface area contributed by atoms with Crippen molar-refractivity contribution in [2.24, 2.45) is 5.92 Å². The lowest BCUT2D eigenvalue weighted by atomic mass is 9.93. The number of amides is 2. The summed E-state index contributed by atoms with van der Waals surface area (Å²) < 4.78 is 0. The number of benzene rings is 1. The van der Waals surface area contributed by atoms with Crippen LogP contribution in [-0.4, -0.2) is 47.8 Å². The molecule has 1 aromatic carbocycles. The van der Waals surface area contributed by atoms with E-state index in [4.69, 9.17) is 11.6 Å². The van der Waals surface area contributed by atoms with Crippen molar-refractivity contribution < 1.29 is 9.59 Å². The monoisotopic (exact) mass is 332 g/mol. The van der Waals surface area contributed by atoms with Crippen LogP contribution in [0, 0.1) is 5.92 Å². The first-order valence-corrected chi connectivity index (χ1v) is 8.51. The van der Waals surface area contributed by atoms with E-state index in [9.17, 15) is 9.59 Å². The summed E-state index contributed by atoms with van der Waals surface area (Å²) in [4.78, 5) is 28.7. The Balaban J connectivity index is 1.56. The summed E-state index contributed by atoms with van der Waals surface area (Å²) in [6, 6.07) is 7.01. The topological polar surface area (TPSA) is 40.6 Å². The van der Waals surface area contributed by atoms with Crippen LogP contribution in [0.4, 0.5) is 0 Å². The molecule has 1 unspecified atom stereocenters. The van der Waals surface area contributed by atoms with E-state index >= 15 is 0 Å². The lowest BCUT2D eigenvalue weighted by molar-refractivity contribution is -0.137. The van der Waals surface area contributed by atoms with Gasteiger partial charge in [0.25, 0.3) is 5.91 Å². The molecule has 0 radical (unpaired) electrons. The zero-order valence-corrected chi connectivity index (χ0v) is 13.8. The predicted octanol–water partition coefficient (Wildman–Crippen LogP) is 2.98. The molecule has 1 atom stereocenters. The fraction of sp³-hybridized carbons (Fsp3) is 0.444. The Morgan fingerprint density at radius 3 is 2.43 bits per heavy atom. The van der Waals surface area contributed by atoms with Gasteiger partial charge in [0.05, 0.1) is 0 Å². The summed E-state index contributed by atoms with van der Waals surface area (Å²) in [5.41, 5.74) is 0.606. The number of carbonyl (C=O) groups is 2. The van der Waals surface area contributed by atoms with Crippen LogP contribution < -0.4 is 0 Å². The Hall–Kier alpha value is -1.81. The van der Waals surface area contributed by atoms with Gasteiger partial charge in [-0.15, -0.1) is 0 Å². The second-order valence-electron chi connectivity index (χ2n) is 6.11. The maximum absolute atomic E-state index is 12.5. The van der Waals surface area contributed by atoms with E-state index in [1.54, 1.807) is 29.2 Å². The first-order chi connectivity index (χ1) is 11.1. The molecule has 1 aliphatic carbocycles. The molecule has 3 rings (SSSR count). The predicted molar refractivity (Wildman–Crippen MR) is 90.4 cm³/mol. The average Bonchev–Trinajstić information content (AvgIpc) is 2.61. The number of rotatable bonds is 2. The Kier molecular flexibility index (Phi) is 5.01. The normalized spacial score (nSPS) is 21.3. The molecule has 1 fully saturated rings. The average molecular weight is 333 g/mol. The van der Waals surface area contributed by atoms with E-state index < -0.39 is 0 Å². The van der Waals surface area contributed by atoms with Crippen LogP contribution in [0.5, 0.6) is 0 Å². The van der Waals surface area contributed by atoms with E-state index in [1.807, 2.05) is 4.90 Å². The van der Waals surface area contributed by atoms with Crippen molar-refractivity contribution in [3.05, 3.63) is 47.0 Å². The highest BCUT2D eigenvalue weighted by Gasteiger charge is 2.29. The van der Waals surface area contributed by atoms with E-state index in [1.165, 1.54) is 0 Å². The molecule has 0 saturated carbocycles. The minimum absolute atomic E-state index is 0.0137. The number of nitrogens with zero attached hydrogens (tertiary/aromatic N) is 2. The SMILES string of the molecule is O=C(c1cccc(Cl)c1)N1CCN(C(=O)C2CC=CCC2)CC1. The fourth-order valence-corrected chi connectivity index (χ4v) is 3.40. The summed E-state index contributed by atoms with van der Waals surface area (Å²) >= 11 is 5.95. The quantitative estimate of drug-likeness (QED) is 0.781. The highest BCUT2D eigenvalue weighted by atomic mass is 35.5. The van der Waals surface area contributed by atoms with Gasteiger partial charge in [0.2, 0.25) is 5.91 Å². The molecule has 1 heterocycles. The molecule has 5 heteroatoms. The van der Waals surface area contributed by atoms with Crippen molar-refractivity contribution >= 4 is 23.4 Å². The minimum atomic E-state index is -0.0137. The first-order valence-electron chi connectivity index (χ1n) is 8.14. The summed E-state index contributed by atoms with van der Waals surface area (Å²) in [7, 11) is 0. The molecular weight excluding hydrogens is 312 g/mol. The number of halogens is 1. The molecule has 23 heavy (non-hydrogen) atoms. The third kappa shape index (κ3) is 3.75. The summed E-state index contributed by atoms with van der Waals surface area (Å²) in [6.45, 7) is 2.40. The highest BCUT2D eigenvalue weighted by molar-refractivity contribution is 6.30. The zero-order valence-electron chi connectivity index (χ0n) is 13.1. The van der Waals surface area contributed by atoms with Crippen LogP contribution in [-0.2, 0) is 4.79 Å². The molecule has 4 nitrogen and oxygen atoms in total. The van der Waals surface area contributed by atoms with Crippen LogP contribution in [0.15, 0.2) is 36.4 Å². The maximum Gasteiger partial charge on any atom is 0.254 e. The lowest BCUT2D eigenvalue weighted by Gasteiger charge is -2.36. The van der Waals surface area contributed by atoms with Gasteiger partial charge in [-0.1, -0.05) is 29.8 Å². The Morgan fingerprint density at radius 2 is 1.78 bits per heavy atom. The molecule has 0 spiro atoms. The van der Waals surface area contributed by atoms with E-state index in [2.05, 4.69) is 12.2 Å². The van der Waals surface area contributed by atoms with Crippen molar-refractivity contribution in [1.82, 2.24) is 9.80 Å². The summed E-state index contributed by atoms with van der Waals surface area (Å²) in [5.74, 6) is 0.347. The van der Waals surface area contributed by atoms with Crippen LogP contribution in [0.2, 0.25) is 5.02 Å². The number of carbonyl (C=O) groups excluding carboxylic acids is 2. The number of hydrogen-bond acceptors (Lipinski definition) is 2. The lowest BCUT2D eigenvalue weighted by Crippen LogP contribution is -2.52. The Labute approximate surface area is 141 Å². The zero-order chi connectivity index (χ0) is 16.2. The van der Waals surface area contributed by atoms with Gasteiger partial charge in [0.15, 0.2) is 0 Å². The number of piperazine rings is 1. The smallest absolute Gasteiger partial charge is 0.254 e. The van der Waals surface area contributed by atoms with Crippen molar-refractivity contribution in [1.29, 1.82) is 0 Å². The van der Waals surface area contributed by atoms with Crippen LogP contribution in [0.1, 0.15) is 29.6 Å². The molecule has 0 N–H and O–H groups in total. The van der Waals surface area contributed by atoms with E-state index in [0.29, 0.717) is 36.8 Å². The molecule has 1 aromatic rings. The second-order valence-corrected chi connectivity index (χ2v) is 6.55. The van der Waals surface area contributed by atoms with E-state index in [0.717, 1.165) is 19.3 Å². The molecule has 0 aromatic heterocycles. The fourth-order valence-electron chi connectivity index (χ4n) is 3.21. The molecule has 2 aliphatic rings. The van der Waals surface area contributed by atoms with E-state index in [-0.39, 0.29) is 17.7 Å². The number of allylic oxidation sites excluding steroid dienone is 2. The van der Waals surface area contributed by atoms with Crippen LogP contribution >= 0.6 is 11.6 Å². The summed E-state index contributed by atoms with van der Waals surface area (Å²) in [6.07, 6.45) is 7.03. The molecule has 2 amide bonds. The highest BCUT2D eigenvalue weighted by Crippen LogP contribution is 2.22. The van der Waals surface area contributed by atoms with Crippen molar-refractivity contribution in [2.75, 3.05) is 26.2 Å². The molecule has 122 valence electrons. The van der Waals surface area contributed by atoms with Gasteiger partial charge in [-0.05, 0) is 37.5 Å². The number of hydrogen-bond donors (Lipinski definition) is 0. The van der Waals surface area contributed by atoms with Crippen LogP contribution in [0.3, 0.4) is 0 Å². The van der Waals surface area contributed by atoms with Crippen molar-refractivity contribution in [3.8, 4) is 0 Å². The minimum Gasteiger partial charge on any atom is -0.339 e. The van der Waals surface area contributed by atoms with Gasteiger partial charge in [-0.25, -0.2) is 0 Å². The van der Waals surface area contributed by atoms with Gasteiger partial charge < -0.3 is 9.80 Å². The third-order valence-corrected chi connectivity index (χ3v) is 4.80. The standard InChI is InChI=1S/C18H21ClN2O2/c19-16-8-4-7-15(13-16)18(23)21-11-9-20(10-12-21)17(22)14-5-2-1-3-6-14/h1-2,4,7-8,13-14H,3,5-6,9-12H2.